The molecule has 1 aromatic heterocycles. The predicted octanol–water partition coefficient (Wildman–Crippen LogP) is 3.26. The first-order valence-corrected chi connectivity index (χ1v) is 7.66. The lowest BCUT2D eigenvalue weighted by Crippen LogP contribution is -2.40. The van der Waals surface area contributed by atoms with Gasteiger partial charge in [-0.1, -0.05) is 18.9 Å². The Balaban J connectivity index is 1.75. The van der Waals surface area contributed by atoms with E-state index < -0.39 is 0 Å². The summed E-state index contributed by atoms with van der Waals surface area (Å²) in [7, 11) is 0. The molecule has 1 spiro atoms. The molecule has 1 aromatic rings. The summed E-state index contributed by atoms with van der Waals surface area (Å²) in [5.74, 6) is 1.12. The molecule has 3 rings (SSSR count). The Labute approximate surface area is 116 Å². The first kappa shape index (κ1) is 12.9. The van der Waals surface area contributed by atoms with Crippen molar-refractivity contribution in [2.24, 2.45) is 11.1 Å². The molecule has 0 amide bonds. The van der Waals surface area contributed by atoms with Crippen molar-refractivity contribution in [2.75, 3.05) is 18.0 Å². The number of rotatable bonds is 2. The van der Waals surface area contributed by atoms with Crippen LogP contribution in [0.4, 0.5) is 5.82 Å². The highest BCUT2D eigenvalue weighted by atomic mass is 15.2. The summed E-state index contributed by atoms with van der Waals surface area (Å²) in [6, 6.07) is 4.17. The zero-order valence-corrected chi connectivity index (χ0v) is 11.9. The molecule has 0 bridgehead atoms. The number of anilines is 1. The van der Waals surface area contributed by atoms with Gasteiger partial charge >= 0.3 is 0 Å². The molecule has 0 radical (unpaired) electrons. The number of pyridine rings is 1. The number of piperidine rings is 1. The van der Waals surface area contributed by atoms with Gasteiger partial charge in [-0.3, -0.25) is 0 Å². The van der Waals surface area contributed by atoms with Crippen LogP contribution in [0.1, 0.15) is 57.1 Å². The fourth-order valence-corrected chi connectivity index (χ4v) is 3.85. The Morgan fingerprint density at radius 2 is 1.89 bits per heavy atom. The van der Waals surface area contributed by atoms with Crippen molar-refractivity contribution in [3.05, 3.63) is 23.9 Å². The number of aromatic nitrogens is 1. The monoisotopic (exact) mass is 259 g/mol. The number of nitrogens with zero attached hydrogens (tertiary/aromatic N) is 2. The summed E-state index contributed by atoms with van der Waals surface area (Å²) in [4.78, 5) is 7.03. The second kappa shape index (κ2) is 5.12. The summed E-state index contributed by atoms with van der Waals surface area (Å²) in [6.07, 6.45) is 10.3. The molecule has 0 unspecified atom stereocenters. The predicted molar refractivity (Wildman–Crippen MR) is 79.2 cm³/mol. The maximum Gasteiger partial charge on any atom is 0.133 e. The lowest BCUT2D eigenvalue weighted by atomic mass is 9.77. The van der Waals surface area contributed by atoms with Crippen molar-refractivity contribution >= 4 is 5.82 Å². The zero-order chi connectivity index (χ0) is 13.3. The average molecular weight is 259 g/mol. The van der Waals surface area contributed by atoms with Crippen molar-refractivity contribution in [1.29, 1.82) is 0 Å². The van der Waals surface area contributed by atoms with E-state index in [4.69, 9.17) is 5.73 Å². The van der Waals surface area contributed by atoms with E-state index in [1.807, 2.05) is 19.2 Å². The minimum atomic E-state index is 0.0612. The minimum Gasteiger partial charge on any atom is -0.356 e. The minimum absolute atomic E-state index is 0.0612. The normalized spacial score (nSPS) is 23.8. The molecule has 1 saturated heterocycles. The van der Waals surface area contributed by atoms with Crippen LogP contribution >= 0.6 is 0 Å². The van der Waals surface area contributed by atoms with E-state index in [9.17, 15) is 0 Å². The lowest BCUT2D eigenvalue weighted by molar-refractivity contribution is 0.226. The number of hydrogen-bond donors (Lipinski definition) is 1. The zero-order valence-electron chi connectivity index (χ0n) is 11.9. The summed E-state index contributed by atoms with van der Waals surface area (Å²) < 4.78 is 0. The molecule has 2 heterocycles. The van der Waals surface area contributed by atoms with Crippen LogP contribution in [-0.4, -0.2) is 18.1 Å². The van der Waals surface area contributed by atoms with E-state index in [2.05, 4.69) is 16.0 Å². The van der Waals surface area contributed by atoms with Crippen LogP contribution in [0.15, 0.2) is 18.3 Å². The van der Waals surface area contributed by atoms with Crippen LogP contribution in [-0.2, 0) is 0 Å². The van der Waals surface area contributed by atoms with Gasteiger partial charge in [0.25, 0.3) is 0 Å². The second-order valence-electron chi connectivity index (χ2n) is 6.40. The summed E-state index contributed by atoms with van der Waals surface area (Å²) in [5.41, 5.74) is 7.92. The third kappa shape index (κ3) is 2.48. The van der Waals surface area contributed by atoms with Gasteiger partial charge in [-0.25, -0.2) is 4.98 Å². The standard InChI is InChI=1S/C16H25N3/c1-13(17)14-5-4-10-18-15(14)19-11-8-16(9-12-19)6-2-3-7-16/h4-5,10,13H,2-3,6-9,11-12,17H2,1H3/t13-/m1/s1. The fraction of sp³-hybridized carbons (Fsp3) is 0.688. The van der Waals surface area contributed by atoms with Crippen LogP contribution in [0.5, 0.6) is 0 Å². The van der Waals surface area contributed by atoms with Crippen LogP contribution in [0, 0.1) is 5.41 Å². The summed E-state index contributed by atoms with van der Waals surface area (Å²) in [6.45, 7) is 4.34. The maximum atomic E-state index is 6.07. The Hall–Kier alpha value is -1.09. The van der Waals surface area contributed by atoms with Crippen molar-refractivity contribution in [1.82, 2.24) is 4.98 Å². The Bertz CT molecular complexity index is 425. The third-order valence-electron chi connectivity index (χ3n) is 5.10. The lowest BCUT2D eigenvalue weighted by Gasteiger charge is -2.40. The number of nitrogens with two attached hydrogens (primary N) is 1. The highest BCUT2D eigenvalue weighted by molar-refractivity contribution is 5.48. The van der Waals surface area contributed by atoms with Crippen molar-refractivity contribution in [3.63, 3.8) is 0 Å². The van der Waals surface area contributed by atoms with Gasteiger partial charge < -0.3 is 10.6 Å². The van der Waals surface area contributed by atoms with Crippen LogP contribution < -0.4 is 10.6 Å². The number of hydrogen-bond acceptors (Lipinski definition) is 3. The smallest absolute Gasteiger partial charge is 0.133 e. The topological polar surface area (TPSA) is 42.1 Å². The highest BCUT2D eigenvalue weighted by Gasteiger charge is 2.37. The fourth-order valence-electron chi connectivity index (χ4n) is 3.85. The average Bonchev–Trinajstić information content (AvgIpc) is 2.88. The SMILES string of the molecule is C[C@@H](N)c1cccnc1N1CCC2(CCCC2)CC1. The molecule has 1 saturated carbocycles. The molecule has 3 heteroatoms. The molecule has 1 aliphatic heterocycles. The highest BCUT2D eigenvalue weighted by Crippen LogP contribution is 2.46. The van der Waals surface area contributed by atoms with Gasteiger partial charge in [-0.15, -0.1) is 0 Å². The molecule has 3 nitrogen and oxygen atoms in total. The van der Waals surface area contributed by atoms with Gasteiger partial charge in [0.1, 0.15) is 5.82 Å². The van der Waals surface area contributed by atoms with Crippen LogP contribution in [0.2, 0.25) is 0 Å². The quantitative estimate of drug-likeness (QED) is 0.886. The molecule has 1 aliphatic carbocycles. The molecule has 1 atom stereocenters. The van der Waals surface area contributed by atoms with Gasteiger partial charge in [0.05, 0.1) is 0 Å². The van der Waals surface area contributed by atoms with Gasteiger partial charge in [-0.05, 0) is 44.1 Å². The van der Waals surface area contributed by atoms with Crippen LogP contribution in [0.25, 0.3) is 0 Å². The molecule has 19 heavy (non-hydrogen) atoms. The van der Waals surface area contributed by atoms with E-state index in [1.165, 1.54) is 44.1 Å². The first-order chi connectivity index (χ1) is 9.20. The van der Waals surface area contributed by atoms with Crippen molar-refractivity contribution in [3.8, 4) is 0 Å². The van der Waals surface area contributed by atoms with Gasteiger partial charge in [0, 0.05) is 30.9 Å². The van der Waals surface area contributed by atoms with Crippen LogP contribution in [0.3, 0.4) is 0 Å². The molecular weight excluding hydrogens is 234 g/mol. The Morgan fingerprint density at radius 1 is 1.21 bits per heavy atom. The van der Waals surface area contributed by atoms with E-state index in [0.717, 1.165) is 18.9 Å². The van der Waals surface area contributed by atoms with E-state index in [1.54, 1.807) is 0 Å². The third-order valence-corrected chi connectivity index (χ3v) is 5.10. The van der Waals surface area contributed by atoms with E-state index in [-0.39, 0.29) is 6.04 Å². The molecule has 2 fully saturated rings. The van der Waals surface area contributed by atoms with Gasteiger partial charge in [0.2, 0.25) is 0 Å². The molecule has 0 aromatic carbocycles. The largest absolute Gasteiger partial charge is 0.356 e. The van der Waals surface area contributed by atoms with Crippen molar-refractivity contribution in [2.45, 2.75) is 51.5 Å². The van der Waals surface area contributed by atoms with E-state index >= 15 is 0 Å². The van der Waals surface area contributed by atoms with Gasteiger partial charge in [0.15, 0.2) is 0 Å². The molecule has 104 valence electrons. The Kier molecular flexibility index (Phi) is 3.48. The summed E-state index contributed by atoms with van der Waals surface area (Å²) >= 11 is 0. The Morgan fingerprint density at radius 3 is 2.53 bits per heavy atom. The first-order valence-electron chi connectivity index (χ1n) is 7.66. The molecular formula is C16H25N3. The molecule has 2 N–H and O–H groups in total. The summed E-state index contributed by atoms with van der Waals surface area (Å²) in [5, 5.41) is 0. The van der Waals surface area contributed by atoms with Gasteiger partial charge in [-0.2, -0.15) is 0 Å². The maximum absolute atomic E-state index is 6.07. The molecule has 2 aliphatic rings. The van der Waals surface area contributed by atoms with E-state index in [0.29, 0.717) is 5.41 Å². The second-order valence-corrected chi connectivity index (χ2v) is 6.40. The van der Waals surface area contributed by atoms with Crippen molar-refractivity contribution < 1.29 is 0 Å².